The molecule has 0 aliphatic carbocycles. The van der Waals surface area contributed by atoms with Gasteiger partial charge in [0.1, 0.15) is 11.7 Å². The summed E-state index contributed by atoms with van der Waals surface area (Å²) in [6.07, 6.45) is 6.75. The number of aromatic nitrogens is 1. The number of nitrogens with zero attached hydrogens (tertiary/aromatic N) is 2. The van der Waals surface area contributed by atoms with Crippen LogP contribution in [0.25, 0.3) is 37.8 Å². The zero-order valence-electron chi connectivity index (χ0n) is 19.5. The number of rotatable bonds is 2. The molecule has 0 atom stereocenters. The van der Waals surface area contributed by atoms with Crippen LogP contribution in [-0.2, 0) is 12.5 Å². The van der Waals surface area contributed by atoms with Crippen molar-refractivity contribution in [3.63, 3.8) is 0 Å². The van der Waals surface area contributed by atoms with Gasteiger partial charge in [-0.25, -0.2) is 0 Å². The van der Waals surface area contributed by atoms with E-state index in [4.69, 9.17) is 0 Å². The highest BCUT2D eigenvalue weighted by Gasteiger charge is 2.39. The molecule has 0 saturated carbocycles. The Morgan fingerprint density at radius 2 is 1.52 bits per heavy atom. The maximum atomic E-state index is 2.35. The van der Waals surface area contributed by atoms with Crippen molar-refractivity contribution in [3.05, 3.63) is 101 Å². The highest BCUT2D eigenvalue weighted by Crippen LogP contribution is 2.49. The van der Waals surface area contributed by atoms with Crippen LogP contribution in [-0.4, -0.2) is 7.05 Å². The Labute approximate surface area is 198 Å². The lowest BCUT2D eigenvalue weighted by Crippen LogP contribution is -2.28. The van der Waals surface area contributed by atoms with Crippen molar-refractivity contribution in [2.75, 3.05) is 11.9 Å². The highest BCUT2D eigenvalue weighted by atomic mass is 32.1. The van der Waals surface area contributed by atoms with Gasteiger partial charge in [-0.1, -0.05) is 85.9 Å². The van der Waals surface area contributed by atoms with E-state index < -0.39 is 0 Å². The molecule has 4 aromatic carbocycles. The summed E-state index contributed by atoms with van der Waals surface area (Å²) in [4.78, 5) is 2.35. The topological polar surface area (TPSA) is 7.12 Å². The average molecular weight is 448 g/mol. The van der Waals surface area contributed by atoms with Gasteiger partial charge in [0.15, 0.2) is 0 Å². The standard InChI is InChI=1S/C30H27N2S/c1-30(2)26(31(3)24-18-16-20-10-5-7-12-22(20)28(24)30)14-9-15-27-32(4)25-19-17-21-11-6-8-13-23(21)29(25)33-27/h5-19H,1-4H3/q+1. The summed E-state index contributed by atoms with van der Waals surface area (Å²) in [5.74, 6) is 0. The van der Waals surface area contributed by atoms with E-state index >= 15 is 0 Å². The van der Waals surface area contributed by atoms with Crippen LogP contribution in [0.15, 0.2) is 90.6 Å². The van der Waals surface area contributed by atoms with Crippen LogP contribution in [0.5, 0.6) is 0 Å². The van der Waals surface area contributed by atoms with Gasteiger partial charge in [-0.3, -0.25) is 0 Å². The Morgan fingerprint density at radius 3 is 2.30 bits per heavy atom. The lowest BCUT2D eigenvalue weighted by Gasteiger charge is -2.24. The third-order valence-electron chi connectivity index (χ3n) is 7.15. The number of allylic oxidation sites excluding steroid dienone is 3. The van der Waals surface area contributed by atoms with Crippen molar-refractivity contribution in [3.8, 4) is 0 Å². The molecule has 1 aliphatic rings. The van der Waals surface area contributed by atoms with E-state index in [0.717, 1.165) is 0 Å². The molecular formula is C30H27N2S+. The molecule has 1 aliphatic heterocycles. The molecule has 0 spiro atoms. The van der Waals surface area contributed by atoms with Crippen LogP contribution in [0.1, 0.15) is 24.4 Å². The number of thiazole rings is 1. The van der Waals surface area contributed by atoms with Gasteiger partial charge in [0.05, 0.1) is 0 Å². The van der Waals surface area contributed by atoms with E-state index in [1.807, 2.05) is 11.3 Å². The number of hydrogen-bond acceptors (Lipinski definition) is 2. The number of fused-ring (bicyclic) bond motifs is 6. The fourth-order valence-electron chi connectivity index (χ4n) is 5.46. The largest absolute Gasteiger partial charge is 0.347 e. The maximum absolute atomic E-state index is 2.35. The van der Waals surface area contributed by atoms with Crippen LogP contribution in [0.3, 0.4) is 0 Å². The molecule has 2 heterocycles. The first-order valence-corrected chi connectivity index (χ1v) is 12.2. The second-order valence-electron chi connectivity index (χ2n) is 9.41. The summed E-state index contributed by atoms with van der Waals surface area (Å²) >= 11 is 1.86. The Balaban J connectivity index is 1.42. The Hall–Kier alpha value is -3.43. The molecule has 162 valence electrons. The van der Waals surface area contributed by atoms with Gasteiger partial charge in [0.2, 0.25) is 5.52 Å². The molecule has 0 unspecified atom stereocenters. The predicted molar refractivity (Wildman–Crippen MR) is 143 cm³/mol. The van der Waals surface area contributed by atoms with Gasteiger partial charge in [-0.15, -0.1) is 0 Å². The molecule has 0 amide bonds. The SMILES string of the molecule is CN1C(=CC=Cc2sc3c4ccccc4ccc3[n+]2C)C(C)(C)c2c1ccc1ccccc21. The number of hydrogen-bond donors (Lipinski definition) is 0. The molecule has 0 saturated heterocycles. The van der Waals surface area contributed by atoms with E-state index in [1.165, 1.54) is 53.7 Å². The Bertz CT molecular complexity index is 1620. The lowest BCUT2D eigenvalue weighted by atomic mass is 9.81. The first-order chi connectivity index (χ1) is 16.0. The smallest absolute Gasteiger partial charge is 0.262 e. The molecule has 2 nitrogen and oxygen atoms in total. The predicted octanol–water partition coefficient (Wildman–Crippen LogP) is 7.36. The van der Waals surface area contributed by atoms with Gasteiger partial charge in [0, 0.05) is 41.4 Å². The Kier molecular flexibility index (Phi) is 4.46. The molecule has 0 bridgehead atoms. The van der Waals surface area contributed by atoms with E-state index in [0.29, 0.717) is 0 Å². The van der Waals surface area contributed by atoms with Crippen molar-refractivity contribution in [2.24, 2.45) is 7.05 Å². The highest BCUT2D eigenvalue weighted by molar-refractivity contribution is 7.19. The zero-order chi connectivity index (χ0) is 22.7. The van der Waals surface area contributed by atoms with Crippen molar-refractivity contribution < 1.29 is 4.57 Å². The molecule has 0 fully saturated rings. The minimum atomic E-state index is -0.0617. The van der Waals surface area contributed by atoms with Gasteiger partial charge < -0.3 is 4.90 Å². The van der Waals surface area contributed by atoms with Crippen molar-refractivity contribution in [1.82, 2.24) is 0 Å². The second-order valence-corrected chi connectivity index (χ2v) is 10.4. The summed E-state index contributed by atoms with van der Waals surface area (Å²) in [6, 6.07) is 26.3. The van der Waals surface area contributed by atoms with E-state index in [2.05, 4.69) is 128 Å². The molecular weight excluding hydrogens is 420 g/mol. The summed E-state index contributed by atoms with van der Waals surface area (Å²) in [5.41, 5.74) is 5.26. The maximum Gasteiger partial charge on any atom is 0.262 e. The summed E-state index contributed by atoms with van der Waals surface area (Å²) in [7, 11) is 4.35. The Morgan fingerprint density at radius 1 is 0.848 bits per heavy atom. The molecule has 3 heteroatoms. The first kappa shape index (κ1) is 20.2. The van der Waals surface area contributed by atoms with Crippen molar-refractivity contribution in [2.45, 2.75) is 19.3 Å². The van der Waals surface area contributed by atoms with Gasteiger partial charge in [-0.2, -0.15) is 4.57 Å². The van der Waals surface area contributed by atoms with E-state index in [-0.39, 0.29) is 5.41 Å². The third kappa shape index (κ3) is 2.96. The van der Waals surface area contributed by atoms with Crippen LogP contribution in [0.4, 0.5) is 5.69 Å². The summed E-state index contributed by atoms with van der Waals surface area (Å²) in [5, 5.41) is 6.53. The lowest BCUT2D eigenvalue weighted by molar-refractivity contribution is -0.642. The summed E-state index contributed by atoms with van der Waals surface area (Å²) in [6.45, 7) is 4.68. The fourth-order valence-corrected chi connectivity index (χ4v) is 6.65. The molecule has 1 aromatic heterocycles. The second kappa shape index (κ2) is 7.29. The van der Waals surface area contributed by atoms with E-state index in [1.54, 1.807) is 0 Å². The van der Waals surface area contributed by atoms with Gasteiger partial charge >= 0.3 is 0 Å². The van der Waals surface area contributed by atoms with E-state index in [9.17, 15) is 0 Å². The monoisotopic (exact) mass is 447 g/mol. The third-order valence-corrected chi connectivity index (χ3v) is 8.40. The minimum Gasteiger partial charge on any atom is -0.347 e. The number of benzene rings is 4. The van der Waals surface area contributed by atoms with Crippen molar-refractivity contribution in [1.29, 1.82) is 0 Å². The zero-order valence-corrected chi connectivity index (χ0v) is 20.3. The molecule has 0 radical (unpaired) electrons. The molecule has 0 N–H and O–H groups in total. The van der Waals surface area contributed by atoms with Crippen LogP contribution in [0, 0.1) is 0 Å². The fraction of sp³-hybridized carbons (Fsp3) is 0.167. The normalized spacial score (nSPS) is 16.6. The number of aryl methyl sites for hydroxylation is 1. The molecule has 5 aromatic rings. The van der Waals surface area contributed by atoms with Crippen molar-refractivity contribution >= 4 is 54.9 Å². The van der Waals surface area contributed by atoms with Crippen LogP contribution >= 0.6 is 11.3 Å². The van der Waals surface area contributed by atoms with Crippen LogP contribution < -0.4 is 9.47 Å². The van der Waals surface area contributed by atoms with Gasteiger partial charge in [0.25, 0.3) is 5.01 Å². The molecule has 6 rings (SSSR count). The quantitative estimate of drug-likeness (QED) is 0.256. The van der Waals surface area contributed by atoms with Gasteiger partial charge in [-0.05, 0) is 39.9 Å². The summed E-state index contributed by atoms with van der Waals surface area (Å²) < 4.78 is 3.65. The van der Waals surface area contributed by atoms with Crippen LogP contribution in [0.2, 0.25) is 0 Å². The number of anilines is 1. The first-order valence-electron chi connectivity index (χ1n) is 11.4. The molecule has 33 heavy (non-hydrogen) atoms. The minimum absolute atomic E-state index is 0.0617. The number of likely N-dealkylation sites (N-methyl/N-ethyl adjacent to an activating group) is 1. The average Bonchev–Trinajstić information content (AvgIpc) is 3.25.